The number of thiol groups is 2. The minimum absolute atomic E-state index is 0. The molecule has 4 atom stereocenters. The van der Waals surface area contributed by atoms with Gasteiger partial charge in [0, 0.05) is 0 Å². The van der Waals surface area contributed by atoms with Crippen LogP contribution in [0.3, 0.4) is 0 Å². The first-order valence-corrected chi connectivity index (χ1v) is 21.6. The van der Waals surface area contributed by atoms with Crippen LogP contribution in [0.25, 0.3) is 0 Å². The Morgan fingerprint density at radius 3 is 0.583 bits per heavy atom. The molecule has 4 unspecified atom stereocenters. The van der Waals surface area contributed by atoms with Crippen molar-refractivity contribution >= 4 is 148 Å². The Balaban J connectivity index is -0.00000000416. The van der Waals surface area contributed by atoms with Crippen LogP contribution in [0, 0.1) is 0 Å². The van der Waals surface area contributed by atoms with Crippen molar-refractivity contribution in [3.8, 4) is 0 Å². The van der Waals surface area contributed by atoms with E-state index in [0.717, 1.165) is 13.2 Å². The molecule has 0 fully saturated rings. The second-order valence-electron chi connectivity index (χ2n) is 4.40. The first-order chi connectivity index (χ1) is 9.85. The SMILES string of the molecule is C.C.C.C.C.C.C.C.C.C.C.C.C.C.C.C.C.C.C.C.C.C.C.C.C.C.CCOI(S)C(C)(I)C(C)I.CCOI(S)C(C)(I)C(C)I. The fraction of sp³-hybridized carbons (Fsp3) is 1.00. The summed E-state index contributed by atoms with van der Waals surface area (Å²) >= 11 is 6.91. The van der Waals surface area contributed by atoms with E-state index in [0.29, 0.717) is 7.85 Å². The van der Waals surface area contributed by atoms with Crippen LogP contribution in [-0.4, -0.2) is 23.9 Å². The Kier molecular flexibility index (Phi) is 593. The summed E-state index contributed by atoms with van der Waals surface area (Å²) in [5.74, 6) is 0. The van der Waals surface area contributed by atoms with Crippen LogP contribution < -0.4 is 0 Å². The van der Waals surface area contributed by atoms with Gasteiger partial charge < -0.3 is 0 Å². The fourth-order valence-corrected chi connectivity index (χ4v) is 14.8. The maximum absolute atomic E-state index is 5.58. The Labute approximate surface area is 406 Å². The fourth-order valence-electron chi connectivity index (χ4n) is 0.677. The summed E-state index contributed by atoms with van der Waals surface area (Å²) in [5.41, 5.74) is 0. The molecule has 0 aromatic rings. The van der Waals surface area contributed by atoms with Crippen LogP contribution in [0.1, 0.15) is 235 Å². The van der Waals surface area contributed by atoms with Crippen molar-refractivity contribution in [2.45, 2.75) is 245 Å². The Morgan fingerprint density at radius 2 is 0.521 bits per heavy atom. The van der Waals surface area contributed by atoms with Gasteiger partial charge in [0.2, 0.25) is 0 Å². The first-order valence-electron chi connectivity index (χ1n) is 6.56. The predicted octanol–water partition coefficient (Wildman–Crippen LogP) is 25.1. The van der Waals surface area contributed by atoms with Gasteiger partial charge in [0.25, 0.3) is 0 Å². The van der Waals surface area contributed by atoms with E-state index in [1.165, 1.54) is 0 Å². The first kappa shape index (κ1) is 229. The van der Waals surface area contributed by atoms with Gasteiger partial charge in [0.15, 0.2) is 0 Å². The standard InChI is InChI=1S/2C6H13I3OS.26CH4/c2*1-4-10-9(11)6(3,8)5(2)7;;;;;;;;;;;;;;;;;;;;;;;;;;/h2*5,11H,4H2,1-3H3;26*1H4. The molecule has 0 saturated carbocycles. The number of rotatable bonds is 8. The van der Waals surface area contributed by atoms with Crippen LogP contribution in [0.15, 0.2) is 0 Å². The summed E-state index contributed by atoms with van der Waals surface area (Å²) in [6.07, 6.45) is 0. The molecule has 0 heterocycles. The van der Waals surface area contributed by atoms with Crippen LogP contribution >= 0.6 is 148 Å². The Hall–Kier alpha value is 5.00. The Morgan fingerprint density at radius 1 is 0.417 bits per heavy atom. The van der Waals surface area contributed by atoms with Gasteiger partial charge in [-0.25, -0.2) is 0 Å². The van der Waals surface area contributed by atoms with Crippen LogP contribution in [0.4, 0.5) is 0 Å². The average Bonchev–Trinajstić information content (AvgIpc) is 2.39. The zero-order chi connectivity index (χ0) is 18.1. The molecule has 48 heavy (non-hydrogen) atoms. The minimum atomic E-state index is -1.46. The van der Waals surface area contributed by atoms with Gasteiger partial charge in [-0.15, -0.1) is 0 Å². The Bertz CT molecular complexity index is 278. The predicted molar refractivity (Wildman–Crippen MR) is 336 cm³/mol. The van der Waals surface area contributed by atoms with Gasteiger partial charge in [-0.2, -0.15) is 0 Å². The van der Waals surface area contributed by atoms with Crippen molar-refractivity contribution in [3.63, 3.8) is 0 Å². The molecule has 0 N–H and O–H groups in total. The van der Waals surface area contributed by atoms with Gasteiger partial charge in [-0.05, 0) is 0 Å². The third-order valence-electron chi connectivity index (χ3n) is 2.45. The van der Waals surface area contributed by atoms with E-state index in [-0.39, 0.29) is 196 Å². The van der Waals surface area contributed by atoms with Gasteiger partial charge in [0.05, 0.1) is 0 Å². The zero-order valence-corrected chi connectivity index (χ0v) is 28.3. The van der Waals surface area contributed by atoms with Gasteiger partial charge >= 0.3 is 219 Å². The van der Waals surface area contributed by atoms with E-state index in [1.807, 2.05) is 13.8 Å². The zero-order valence-electron chi connectivity index (χ0n) is 13.5. The topological polar surface area (TPSA) is 18.5 Å². The molecule has 2 nitrogen and oxygen atoms in total. The second-order valence-corrected chi connectivity index (χ2v) is 29.2. The van der Waals surface area contributed by atoms with Crippen molar-refractivity contribution in [3.05, 3.63) is 0 Å². The van der Waals surface area contributed by atoms with Crippen molar-refractivity contribution < 1.29 is 6.13 Å². The van der Waals surface area contributed by atoms with E-state index in [1.54, 1.807) is 0 Å². The van der Waals surface area contributed by atoms with Crippen LogP contribution in [-0.2, 0) is 6.13 Å². The van der Waals surface area contributed by atoms with Crippen LogP contribution in [0.5, 0.6) is 0 Å². The molecule has 0 radical (unpaired) electrons. The van der Waals surface area contributed by atoms with Crippen molar-refractivity contribution in [1.29, 1.82) is 0 Å². The van der Waals surface area contributed by atoms with Gasteiger partial charge in [-0.3, -0.25) is 0 Å². The van der Waals surface area contributed by atoms with Crippen LogP contribution in [0.2, 0.25) is 0 Å². The summed E-state index contributed by atoms with van der Waals surface area (Å²) in [5, 5.41) is 0. The number of alkyl halides is 6. The molecule has 0 aliphatic heterocycles. The summed E-state index contributed by atoms with van der Waals surface area (Å²) in [4.78, 5) is 0. The summed E-state index contributed by atoms with van der Waals surface area (Å²) in [6.45, 7) is 14.6. The molecule has 0 spiro atoms. The third-order valence-corrected chi connectivity index (χ3v) is 34.8. The molecule has 0 aromatic carbocycles. The molecule has 0 rings (SSSR count). The van der Waals surface area contributed by atoms with Gasteiger partial charge in [0.1, 0.15) is 0 Å². The molecular formula is C38H130I6O2S2. The number of hydrogen-bond acceptors (Lipinski definition) is 4. The summed E-state index contributed by atoms with van der Waals surface area (Å²) in [6, 6.07) is 0. The second kappa shape index (κ2) is 124. The summed E-state index contributed by atoms with van der Waals surface area (Å²) < 4.78 is 12.9. The number of hydrogen-bond donors (Lipinski definition) is 2. The molecule has 0 saturated heterocycles. The summed E-state index contributed by atoms with van der Waals surface area (Å²) in [7, 11) is 9.10. The molecular weight excluding hydrogens is 1310 g/mol. The third kappa shape index (κ3) is 104. The van der Waals surface area contributed by atoms with Gasteiger partial charge in [-0.1, -0.05) is 193 Å². The van der Waals surface area contributed by atoms with Crippen molar-refractivity contribution in [1.82, 2.24) is 0 Å². The van der Waals surface area contributed by atoms with E-state index in [9.17, 15) is 0 Å². The van der Waals surface area contributed by atoms with Crippen molar-refractivity contribution in [2.75, 3.05) is 13.2 Å². The molecule has 0 aromatic heterocycles. The quantitative estimate of drug-likeness (QED) is 0.143. The molecule has 10 heteroatoms. The molecule has 0 aliphatic carbocycles. The molecule has 348 valence electrons. The van der Waals surface area contributed by atoms with E-state index in [4.69, 9.17) is 6.13 Å². The average molecular weight is 1450 g/mol. The van der Waals surface area contributed by atoms with Crippen molar-refractivity contribution in [2.24, 2.45) is 0 Å². The van der Waals surface area contributed by atoms with E-state index < -0.39 is 37.7 Å². The molecule has 0 amide bonds. The molecule has 0 aliphatic rings. The number of halogens is 6. The molecule has 0 bridgehead atoms. The maximum atomic E-state index is 5.58. The van der Waals surface area contributed by atoms with E-state index >= 15 is 0 Å². The normalized spacial score (nSPS) is 9.50. The van der Waals surface area contributed by atoms with E-state index in [2.05, 4.69) is 138 Å². The monoisotopic (exact) mass is 1440 g/mol.